The van der Waals surface area contributed by atoms with Crippen LogP contribution in [0, 0.1) is 6.92 Å². The lowest BCUT2D eigenvalue weighted by atomic mass is 10.1. The molecule has 2 heterocycles. The number of rotatable bonds is 3. The number of aliphatic hydroxyl groups excluding tert-OH is 1. The Kier molecular flexibility index (Phi) is 4.71. The van der Waals surface area contributed by atoms with E-state index in [2.05, 4.69) is 5.32 Å². The maximum atomic E-state index is 12.4. The summed E-state index contributed by atoms with van der Waals surface area (Å²) >= 11 is 6.30. The van der Waals surface area contributed by atoms with Crippen molar-refractivity contribution in [3.63, 3.8) is 0 Å². The maximum absolute atomic E-state index is 12.4. The number of nitrogens with one attached hydrogen (secondary N) is 1. The van der Waals surface area contributed by atoms with Crippen LogP contribution in [0.2, 0.25) is 5.02 Å². The monoisotopic (exact) mass is 352 g/mol. The number of hydrogen-bond acceptors (Lipinski definition) is 4. The van der Waals surface area contributed by atoms with Crippen LogP contribution in [0.1, 0.15) is 18.2 Å². The van der Waals surface area contributed by atoms with Gasteiger partial charge in [0.05, 0.1) is 30.4 Å². The minimum atomic E-state index is -0.671. The van der Waals surface area contributed by atoms with Gasteiger partial charge in [0, 0.05) is 24.5 Å². The number of carbonyl (C=O) groups excluding carboxylic acids is 1. The van der Waals surface area contributed by atoms with Crippen molar-refractivity contribution < 1.29 is 19.1 Å². The number of aliphatic hydroxyl groups is 1. The molecule has 24 heavy (non-hydrogen) atoms. The van der Waals surface area contributed by atoms with Gasteiger partial charge in [0.1, 0.15) is 5.76 Å². The number of likely N-dealkylation sites (N-methyl/N-ethyl adjacent to an activating group) is 1. The van der Waals surface area contributed by atoms with Crippen LogP contribution in [-0.2, 0) is 11.2 Å². The molecule has 1 saturated heterocycles. The van der Waals surface area contributed by atoms with Gasteiger partial charge in [-0.15, -0.1) is 0 Å². The number of nitrogens with zero attached hydrogens (tertiary/aromatic N) is 1. The van der Waals surface area contributed by atoms with E-state index < -0.39 is 6.10 Å². The van der Waals surface area contributed by atoms with Gasteiger partial charge in [-0.05, 0) is 24.6 Å². The normalized spacial score (nSPS) is 20.5. The van der Waals surface area contributed by atoms with Gasteiger partial charge in [0.25, 0.3) is 0 Å². The number of urea groups is 1. The second-order valence-electron chi connectivity index (χ2n) is 6.05. The molecule has 2 atom stereocenters. The minimum Gasteiger partial charge on any atom is -0.459 e. The van der Waals surface area contributed by atoms with Gasteiger partial charge < -0.3 is 24.5 Å². The van der Waals surface area contributed by atoms with Crippen molar-refractivity contribution in [2.75, 3.05) is 25.6 Å². The summed E-state index contributed by atoms with van der Waals surface area (Å²) in [5.74, 6) is 0.888. The Bertz CT molecular complexity index is 774. The average Bonchev–Trinajstić information content (AvgIpc) is 3.11. The summed E-state index contributed by atoms with van der Waals surface area (Å²) in [5.41, 5.74) is 2.25. The third-order valence-corrected chi connectivity index (χ3v) is 4.78. The highest BCUT2D eigenvalue weighted by Crippen LogP contribution is 2.34. The van der Waals surface area contributed by atoms with E-state index in [-0.39, 0.29) is 18.7 Å². The Hall–Kier alpha value is -1.76. The van der Waals surface area contributed by atoms with Crippen LogP contribution in [0.5, 0.6) is 0 Å². The first-order chi connectivity index (χ1) is 11.4. The molecule has 0 bridgehead atoms. The van der Waals surface area contributed by atoms with Crippen molar-refractivity contribution >= 4 is 34.3 Å². The number of benzene rings is 1. The summed E-state index contributed by atoms with van der Waals surface area (Å²) in [6, 6.07) is 2.84. The molecule has 0 unspecified atom stereocenters. The quantitative estimate of drug-likeness (QED) is 0.889. The second kappa shape index (κ2) is 6.63. The lowest BCUT2D eigenvalue weighted by Gasteiger charge is -2.25. The van der Waals surface area contributed by atoms with Crippen LogP contribution in [0.15, 0.2) is 16.5 Å². The first kappa shape index (κ1) is 17.1. The van der Waals surface area contributed by atoms with Crippen molar-refractivity contribution in [2.45, 2.75) is 32.4 Å². The van der Waals surface area contributed by atoms with Gasteiger partial charge in [-0.2, -0.15) is 0 Å². The molecule has 2 aromatic rings. The predicted molar refractivity (Wildman–Crippen MR) is 92.7 cm³/mol. The number of fused-ring (bicyclic) bond motifs is 1. The van der Waals surface area contributed by atoms with Crippen molar-refractivity contribution in [1.29, 1.82) is 0 Å². The molecule has 2 N–H and O–H groups in total. The average molecular weight is 353 g/mol. The lowest BCUT2D eigenvalue weighted by Crippen LogP contribution is -2.45. The summed E-state index contributed by atoms with van der Waals surface area (Å²) in [7, 11) is 1.64. The summed E-state index contributed by atoms with van der Waals surface area (Å²) in [4.78, 5) is 13.9. The van der Waals surface area contributed by atoms with Crippen molar-refractivity contribution in [2.24, 2.45) is 0 Å². The highest BCUT2D eigenvalue weighted by molar-refractivity contribution is 6.35. The molecule has 1 fully saturated rings. The topological polar surface area (TPSA) is 74.9 Å². The Morgan fingerprint density at radius 1 is 1.46 bits per heavy atom. The SMILES string of the molecule is CCc1oc2c(Cl)cc(NC(=O)N(C)[C@H]3COC[C@@H]3O)cc2c1C. The Morgan fingerprint density at radius 2 is 2.21 bits per heavy atom. The zero-order valence-corrected chi connectivity index (χ0v) is 14.7. The molecule has 1 aromatic carbocycles. The molecule has 1 aromatic heterocycles. The van der Waals surface area contributed by atoms with E-state index in [4.69, 9.17) is 20.8 Å². The van der Waals surface area contributed by atoms with E-state index in [0.717, 1.165) is 23.1 Å². The van der Waals surface area contributed by atoms with Crippen molar-refractivity contribution in [3.05, 3.63) is 28.5 Å². The van der Waals surface area contributed by atoms with E-state index in [1.54, 1.807) is 13.1 Å². The fourth-order valence-electron chi connectivity index (χ4n) is 3.00. The van der Waals surface area contributed by atoms with Gasteiger partial charge in [-0.1, -0.05) is 18.5 Å². The summed E-state index contributed by atoms with van der Waals surface area (Å²) < 4.78 is 11.0. The number of halogens is 1. The Balaban J connectivity index is 1.84. The number of ether oxygens (including phenoxy) is 1. The van der Waals surface area contributed by atoms with E-state index in [0.29, 0.717) is 22.9 Å². The number of aryl methyl sites for hydroxylation is 2. The lowest BCUT2D eigenvalue weighted by molar-refractivity contribution is 0.106. The van der Waals surface area contributed by atoms with Crippen molar-refractivity contribution in [3.8, 4) is 0 Å². The first-order valence-electron chi connectivity index (χ1n) is 7.93. The molecule has 130 valence electrons. The molecule has 1 aliphatic rings. The molecule has 0 saturated carbocycles. The van der Waals surface area contributed by atoms with E-state index in [1.165, 1.54) is 4.90 Å². The molecule has 6 nitrogen and oxygen atoms in total. The zero-order chi connectivity index (χ0) is 17.4. The van der Waals surface area contributed by atoms with Crippen molar-refractivity contribution in [1.82, 2.24) is 4.90 Å². The van der Waals surface area contributed by atoms with Gasteiger partial charge in [0.2, 0.25) is 0 Å². The van der Waals surface area contributed by atoms with Gasteiger partial charge in [-0.3, -0.25) is 0 Å². The molecular formula is C17H21ClN2O4. The molecule has 0 aliphatic carbocycles. The summed E-state index contributed by atoms with van der Waals surface area (Å²) in [6.45, 7) is 4.57. The van der Waals surface area contributed by atoms with Crippen LogP contribution in [0.4, 0.5) is 10.5 Å². The van der Waals surface area contributed by atoms with Gasteiger partial charge >= 0.3 is 6.03 Å². The highest BCUT2D eigenvalue weighted by atomic mass is 35.5. The number of anilines is 1. The van der Waals surface area contributed by atoms with Crippen LogP contribution in [-0.4, -0.2) is 48.4 Å². The Labute approximate surface area is 145 Å². The van der Waals surface area contributed by atoms with Gasteiger partial charge in [-0.25, -0.2) is 4.79 Å². The zero-order valence-electron chi connectivity index (χ0n) is 13.9. The summed E-state index contributed by atoms with van der Waals surface area (Å²) in [6.07, 6.45) is 0.107. The van der Waals surface area contributed by atoms with E-state index >= 15 is 0 Å². The maximum Gasteiger partial charge on any atom is 0.322 e. The third kappa shape index (κ3) is 2.97. The van der Waals surface area contributed by atoms with E-state index in [9.17, 15) is 9.90 Å². The van der Waals surface area contributed by atoms with Crippen LogP contribution < -0.4 is 5.32 Å². The van der Waals surface area contributed by atoms with Crippen LogP contribution in [0.3, 0.4) is 0 Å². The molecular weight excluding hydrogens is 332 g/mol. The number of carbonyl (C=O) groups is 1. The molecule has 7 heteroatoms. The predicted octanol–water partition coefficient (Wildman–Crippen LogP) is 3.18. The fraction of sp³-hybridized carbons (Fsp3) is 0.471. The third-order valence-electron chi connectivity index (χ3n) is 4.50. The summed E-state index contributed by atoms with van der Waals surface area (Å²) in [5, 5.41) is 14.0. The van der Waals surface area contributed by atoms with Crippen LogP contribution in [0.25, 0.3) is 11.0 Å². The second-order valence-corrected chi connectivity index (χ2v) is 6.46. The Morgan fingerprint density at radius 3 is 2.83 bits per heavy atom. The highest BCUT2D eigenvalue weighted by Gasteiger charge is 2.32. The number of furan rings is 1. The molecule has 2 amide bonds. The number of hydrogen-bond donors (Lipinski definition) is 2. The molecule has 1 aliphatic heterocycles. The fourth-order valence-corrected chi connectivity index (χ4v) is 3.26. The van der Waals surface area contributed by atoms with Gasteiger partial charge in [0.15, 0.2) is 5.58 Å². The number of amides is 2. The smallest absolute Gasteiger partial charge is 0.322 e. The van der Waals surface area contributed by atoms with Crippen LogP contribution >= 0.6 is 11.6 Å². The largest absolute Gasteiger partial charge is 0.459 e. The first-order valence-corrected chi connectivity index (χ1v) is 8.31. The minimum absolute atomic E-state index is 0.244. The van der Waals surface area contributed by atoms with E-state index in [1.807, 2.05) is 19.9 Å². The molecule has 0 spiro atoms. The standard InChI is InChI=1S/C17H21ClN2O4/c1-4-15-9(2)11-5-10(6-12(18)16(11)24-15)19-17(22)20(3)13-7-23-8-14(13)21/h5-6,13-14,21H,4,7-8H2,1-3H3,(H,19,22)/t13-,14-/m0/s1. The molecule has 3 rings (SSSR count). The molecule has 0 radical (unpaired) electrons.